The summed E-state index contributed by atoms with van der Waals surface area (Å²) in [5.74, 6) is -0.294. The summed E-state index contributed by atoms with van der Waals surface area (Å²) in [7, 11) is 0. The second-order valence-corrected chi connectivity index (χ2v) is 5.79. The van der Waals surface area contributed by atoms with Crippen LogP contribution in [0.3, 0.4) is 0 Å². The van der Waals surface area contributed by atoms with Gasteiger partial charge in [0.25, 0.3) is 0 Å². The maximum Gasteiger partial charge on any atom is 0.343 e. The first-order valence-electron chi connectivity index (χ1n) is 6.71. The molecule has 7 nitrogen and oxygen atoms in total. The van der Waals surface area contributed by atoms with E-state index in [9.17, 15) is 14.7 Å². The Morgan fingerprint density at radius 3 is 2.80 bits per heavy atom. The van der Waals surface area contributed by atoms with Crippen molar-refractivity contribution in [2.75, 3.05) is 12.3 Å². The van der Waals surface area contributed by atoms with Crippen LogP contribution in [0.4, 0.5) is 0 Å². The molecular formula is C12H22N4O3S. The van der Waals surface area contributed by atoms with Crippen molar-refractivity contribution >= 4 is 17.7 Å². The summed E-state index contributed by atoms with van der Waals surface area (Å²) in [5, 5.41) is 19.2. The molecule has 1 aromatic heterocycles. The van der Waals surface area contributed by atoms with Crippen molar-refractivity contribution in [2.24, 2.45) is 0 Å². The van der Waals surface area contributed by atoms with Gasteiger partial charge in [-0.15, -0.1) is 5.10 Å². The Kier molecular flexibility index (Phi) is 6.28. The number of carboxylic acids is 1. The van der Waals surface area contributed by atoms with E-state index in [0.29, 0.717) is 30.4 Å². The molecule has 1 heterocycles. The van der Waals surface area contributed by atoms with Crippen LogP contribution in [-0.2, 0) is 11.3 Å². The highest BCUT2D eigenvalue weighted by Gasteiger charge is 2.31. The van der Waals surface area contributed by atoms with Crippen LogP contribution in [0.25, 0.3) is 0 Å². The SMILES string of the molecule is CCCn1c(SCCC(C)(NCC)C(=O)O)n[nH]c1=O. The van der Waals surface area contributed by atoms with Crippen LogP contribution in [-0.4, -0.2) is 43.7 Å². The van der Waals surface area contributed by atoms with Crippen LogP contribution < -0.4 is 11.0 Å². The Bertz CT molecular complexity index is 499. The van der Waals surface area contributed by atoms with Crippen molar-refractivity contribution in [3.8, 4) is 0 Å². The molecule has 0 aliphatic heterocycles. The van der Waals surface area contributed by atoms with Gasteiger partial charge in [-0.05, 0) is 26.3 Å². The minimum absolute atomic E-state index is 0.220. The summed E-state index contributed by atoms with van der Waals surface area (Å²) in [6, 6.07) is 0. The van der Waals surface area contributed by atoms with Crippen molar-refractivity contribution in [3.63, 3.8) is 0 Å². The van der Waals surface area contributed by atoms with Gasteiger partial charge in [-0.1, -0.05) is 25.6 Å². The van der Waals surface area contributed by atoms with Gasteiger partial charge in [0.05, 0.1) is 0 Å². The number of thioether (sulfide) groups is 1. The Balaban J connectivity index is 2.63. The molecule has 0 fully saturated rings. The summed E-state index contributed by atoms with van der Waals surface area (Å²) < 4.78 is 1.58. The first-order chi connectivity index (χ1) is 9.44. The topological polar surface area (TPSA) is 100 Å². The van der Waals surface area contributed by atoms with E-state index >= 15 is 0 Å². The molecular weight excluding hydrogens is 280 g/mol. The van der Waals surface area contributed by atoms with Crippen LogP contribution in [0.1, 0.15) is 33.6 Å². The summed E-state index contributed by atoms with van der Waals surface area (Å²) in [4.78, 5) is 22.8. The molecule has 0 amide bonds. The lowest BCUT2D eigenvalue weighted by atomic mass is 9.99. The third kappa shape index (κ3) is 4.11. The van der Waals surface area contributed by atoms with Gasteiger partial charge >= 0.3 is 11.7 Å². The normalized spacial score (nSPS) is 14.2. The number of hydrogen-bond acceptors (Lipinski definition) is 5. The zero-order valence-electron chi connectivity index (χ0n) is 12.1. The second-order valence-electron chi connectivity index (χ2n) is 4.73. The smallest absolute Gasteiger partial charge is 0.343 e. The first-order valence-corrected chi connectivity index (χ1v) is 7.69. The minimum Gasteiger partial charge on any atom is -0.480 e. The van der Waals surface area contributed by atoms with E-state index in [0.717, 1.165) is 6.42 Å². The Hall–Kier alpha value is -1.28. The highest BCUT2D eigenvalue weighted by atomic mass is 32.2. The third-order valence-corrected chi connectivity index (χ3v) is 4.02. The molecule has 8 heteroatoms. The molecule has 0 aromatic carbocycles. The van der Waals surface area contributed by atoms with Crippen molar-refractivity contribution in [3.05, 3.63) is 10.5 Å². The monoisotopic (exact) mass is 302 g/mol. The number of carbonyl (C=O) groups is 1. The van der Waals surface area contributed by atoms with E-state index in [2.05, 4.69) is 15.5 Å². The number of hydrogen-bond donors (Lipinski definition) is 3. The van der Waals surface area contributed by atoms with Crippen LogP contribution in [0.2, 0.25) is 0 Å². The average Bonchev–Trinajstić information content (AvgIpc) is 2.72. The van der Waals surface area contributed by atoms with Gasteiger partial charge in [0, 0.05) is 12.3 Å². The van der Waals surface area contributed by atoms with Gasteiger partial charge in [-0.25, -0.2) is 9.89 Å². The highest BCUT2D eigenvalue weighted by molar-refractivity contribution is 7.99. The number of nitrogens with one attached hydrogen (secondary N) is 2. The number of likely N-dealkylation sites (N-methyl/N-ethyl adjacent to an activating group) is 1. The van der Waals surface area contributed by atoms with E-state index in [1.54, 1.807) is 11.5 Å². The van der Waals surface area contributed by atoms with Crippen LogP contribution in [0.5, 0.6) is 0 Å². The fourth-order valence-electron chi connectivity index (χ4n) is 1.84. The summed E-state index contributed by atoms with van der Waals surface area (Å²) in [5.41, 5.74) is -1.17. The molecule has 0 bridgehead atoms. The lowest BCUT2D eigenvalue weighted by molar-refractivity contribution is -0.144. The molecule has 114 valence electrons. The van der Waals surface area contributed by atoms with Crippen molar-refractivity contribution in [1.82, 2.24) is 20.1 Å². The Labute approximate surface area is 122 Å². The van der Waals surface area contributed by atoms with Gasteiger partial charge in [0.1, 0.15) is 5.54 Å². The van der Waals surface area contributed by atoms with Crippen molar-refractivity contribution in [1.29, 1.82) is 0 Å². The molecule has 0 radical (unpaired) electrons. The Morgan fingerprint density at radius 2 is 2.25 bits per heavy atom. The highest BCUT2D eigenvalue weighted by Crippen LogP contribution is 2.19. The number of aromatic amines is 1. The van der Waals surface area contributed by atoms with Gasteiger partial charge in [0.15, 0.2) is 5.16 Å². The molecule has 3 N–H and O–H groups in total. The van der Waals surface area contributed by atoms with Gasteiger partial charge in [0.2, 0.25) is 0 Å². The quantitative estimate of drug-likeness (QED) is 0.586. The zero-order valence-corrected chi connectivity index (χ0v) is 12.9. The van der Waals surface area contributed by atoms with Crippen LogP contribution in [0.15, 0.2) is 9.95 Å². The molecule has 1 atom stereocenters. The molecule has 0 aliphatic rings. The fourth-order valence-corrected chi connectivity index (χ4v) is 2.97. The summed E-state index contributed by atoms with van der Waals surface area (Å²) >= 11 is 1.40. The van der Waals surface area contributed by atoms with E-state index in [-0.39, 0.29) is 5.69 Å². The molecule has 0 aliphatic carbocycles. The maximum atomic E-state index is 11.5. The lowest BCUT2D eigenvalue weighted by Crippen LogP contribution is -2.49. The van der Waals surface area contributed by atoms with Crippen molar-refractivity contribution in [2.45, 2.75) is 50.9 Å². The lowest BCUT2D eigenvalue weighted by Gasteiger charge is -2.25. The summed E-state index contributed by atoms with van der Waals surface area (Å²) in [6.07, 6.45) is 1.30. The minimum atomic E-state index is -0.950. The number of nitrogens with zero attached hydrogens (tertiary/aromatic N) is 2. The molecule has 1 unspecified atom stereocenters. The number of aromatic nitrogens is 3. The molecule has 1 aromatic rings. The number of carboxylic acid groups (broad SMARTS) is 1. The van der Waals surface area contributed by atoms with Gasteiger partial charge in [-0.2, -0.15) is 0 Å². The van der Waals surface area contributed by atoms with Crippen LogP contribution >= 0.6 is 11.8 Å². The van der Waals surface area contributed by atoms with Gasteiger partial charge < -0.3 is 10.4 Å². The third-order valence-electron chi connectivity index (χ3n) is 3.04. The zero-order chi connectivity index (χ0) is 15.2. The molecule has 20 heavy (non-hydrogen) atoms. The number of H-pyrrole nitrogens is 1. The van der Waals surface area contributed by atoms with E-state index in [1.807, 2.05) is 13.8 Å². The predicted molar refractivity (Wildman–Crippen MR) is 78.2 cm³/mol. The van der Waals surface area contributed by atoms with Gasteiger partial charge in [-0.3, -0.25) is 9.36 Å². The maximum absolute atomic E-state index is 11.5. The molecule has 0 saturated heterocycles. The van der Waals surface area contributed by atoms with E-state index < -0.39 is 11.5 Å². The molecule has 0 spiro atoms. The fraction of sp³-hybridized carbons (Fsp3) is 0.750. The number of aliphatic carboxylic acids is 1. The second kappa shape index (κ2) is 7.49. The predicted octanol–water partition coefficient (Wildman–Crippen LogP) is 0.916. The molecule has 1 rings (SSSR count). The molecule has 0 saturated carbocycles. The van der Waals surface area contributed by atoms with E-state index in [4.69, 9.17) is 0 Å². The van der Waals surface area contributed by atoms with E-state index in [1.165, 1.54) is 11.8 Å². The first kappa shape index (κ1) is 16.8. The Morgan fingerprint density at radius 1 is 1.55 bits per heavy atom. The standard InChI is InChI=1S/C12H22N4O3S/c1-4-7-16-10(19)14-15-11(16)20-8-6-12(3,9(17)18)13-5-2/h13H,4-8H2,1-3H3,(H,14,19)(H,17,18). The van der Waals surface area contributed by atoms with Crippen molar-refractivity contribution < 1.29 is 9.90 Å². The average molecular weight is 302 g/mol. The van der Waals surface area contributed by atoms with Crippen LogP contribution in [0, 0.1) is 0 Å². The summed E-state index contributed by atoms with van der Waals surface area (Å²) in [6.45, 7) is 6.74. The largest absolute Gasteiger partial charge is 0.480 e. The number of rotatable bonds is 9.